The number of benzene rings is 2. The molecule has 1 unspecified atom stereocenters. The molecule has 200 valence electrons. The molecule has 0 aliphatic carbocycles. The fourth-order valence-electron chi connectivity index (χ4n) is 4.26. The Morgan fingerprint density at radius 2 is 1.84 bits per heavy atom. The van der Waals surface area contributed by atoms with Gasteiger partial charge in [0.05, 0.1) is 37.9 Å². The fourth-order valence-corrected chi connectivity index (χ4v) is 4.37. The quantitative estimate of drug-likeness (QED) is 0.269. The van der Waals surface area contributed by atoms with Gasteiger partial charge in [0, 0.05) is 42.7 Å². The number of anilines is 1. The Labute approximate surface area is 225 Å². The van der Waals surface area contributed by atoms with Crippen molar-refractivity contribution in [3.05, 3.63) is 54.2 Å². The topological polar surface area (TPSA) is 72.9 Å². The number of nitrogens with one attached hydrogen (secondary N) is 1. The SMILES string of the molecule is COc1cc(NC(C)CCCN(Cc2ccc(OC)c(OC)c2)C(=O)C(C)(C)CCl)c2ncccc2c1. The summed E-state index contributed by atoms with van der Waals surface area (Å²) in [4.78, 5) is 19.8. The molecular formula is C29H38ClN3O4. The number of nitrogens with zero attached hydrogens (tertiary/aromatic N) is 2. The van der Waals surface area contributed by atoms with Crippen LogP contribution in [0.25, 0.3) is 10.9 Å². The van der Waals surface area contributed by atoms with E-state index in [-0.39, 0.29) is 17.8 Å². The number of carbonyl (C=O) groups excluding carboxylic acids is 1. The summed E-state index contributed by atoms with van der Waals surface area (Å²) < 4.78 is 16.3. The van der Waals surface area contributed by atoms with Crippen molar-refractivity contribution in [3.8, 4) is 17.2 Å². The van der Waals surface area contributed by atoms with Crippen LogP contribution in [0, 0.1) is 5.41 Å². The van der Waals surface area contributed by atoms with Crippen molar-refractivity contribution in [1.82, 2.24) is 9.88 Å². The molecule has 0 saturated carbocycles. The third-order valence-electron chi connectivity index (χ3n) is 6.40. The number of methoxy groups -OCH3 is 3. The second-order valence-corrected chi connectivity index (χ2v) is 10.1. The van der Waals surface area contributed by atoms with Crippen molar-refractivity contribution in [1.29, 1.82) is 0 Å². The molecule has 0 saturated heterocycles. The van der Waals surface area contributed by atoms with Gasteiger partial charge >= 0.3 is 0 Å². The molecule has 8 heteroatoms. The standard InChI is InChI=1S/C29H38ClN3O4/c1-20(32-24-17-23(35-4)16-22-10-7-13-31-27(22)24)9-8-14-33(28(34)29(2,3)19-30)18-21-11-12-25(36-5)26(15-21)37-6/h7,10-13,15-17,20,32H,8-9,14,18-19H2,1-6H3. The van der Waals surface area contributed by atoms with Crippen molar-refractivity contribution >= 4 is 34.1 Å². The van der Waals surface area contributed by atoms with E-state index < -0.39 is 5.41 Å². The molecule has 1 aromatic heterocycles. The molecule has 3 rings (SSSR count). The fraction of sp³-hybridized carbons (Fsp3) is 0.448. The van der Waals surface area contributed by atoms with Crippen LogP contribution in [0.4, 0.5) is 5.69 Å². The lowest BCUT2D eigenvalue weighted by molar-refractivity contribution is -0.140. The van der Waals surface area contributed by atoms with E-state index in [0.717, 1.165) is 40.7 Å². The first-order valence-corrected chi connectivity index (χ1v) is 13.0. The number of halogens is 1. The lowest BCUT2D eigenvalue weighted by Crippen LogP contribution is -2.42. The summed E-state index contributed by atoms with van der Waals surface area (Å²) in [6, 6.07) is 13.8. The van der Waals surface area contributed by atoms with E-state index >= 15 is 0 Å². The number of amides is 1. The van der Waals surface area contributed by atoms with Crippen LogP contribution in [-0.2, 0) is 11.3 Å². The van der Waals surface area contributed by atoms with Crippen LogP contribution in [0.15, 0.2) is 48.7 Å². The highest BCUT2D eigenvalue weighted by Crippen LogP contribution is 2.30. The van der Waals surface area contributed by atoms with Crippen LogP contribution in [0.3, 0.4) is 0 Å². The number of rotatable bonds is 13. The molecule has 0 radical (unpaired) electrons. The van der Waals surface area contributed by atoms with E-state index in [1.165, 1.54) is 0 Å². The van der Waals surface area contributed by atoms with Crippen molar-refractivity contribution in [3.63, 3.8) is 0 Å². The van der Waals surface area contributed by atoms with Crippen LogP contribution in [0.1, 0.15) is 39.2 Å². The van der Waals surface area contributed by atoms with Gasteiger partial charge in [-0.25, -0.2) is 0 Å². The maximum Gasteiger partial charge on any atom is 0.229 e. The van der Waals surface area contributed by atoms with E-state index in [4.69, 9.17) is 25.8 Å². The minimum absolute atomic E-state index is 0.0286. The van der Waals surface area contributed by atoms with E-state index in [9.17, 15) is 4.79 Å². The Morgan fingerprint density at radius 3 is 2.51 bits per heavy atom. The normalized spacial score (nSPS) is 12.2. The van der Waals surface area contributed by atoms with Gasteiger partial charge in [0.1, 0.15) is 5.75 Å². The maximum absolute atomic E-state index is 13.4. The van der Waals surface area contributed by atoms with Gasteiger partial charge in [-0.1, -0.05) is 12.1 Å². The number of aromatic nitrogens is 1. The van der Waals surface area contributed by atoms with Crippen molar-refractivity contribution in [2.45, 2.75) is 46.2 Å². The van der Waals surface area contributed by atoms with Crippen LogP contribution in [0.5, 0.6) is 17.2 Å². The summed E-state index contributed by atoms with van der Waals surface area (Å²) >= 11 is 6.16. The van der Waals surface area contributed by atoms with E-state index in [0.29, 0.717) is 24.6 Å². The molecule has 0 aliphatic rings. The molecule has 1 heterocycles. The number of ether oxygens (including phenoxy) is 3. The zero-order valence-electron chi connectivity index (χ0n) is 22.6. The van der Waals surface area contributed by atoms with Gasteiger partial charge in [0.15, 0.2) is 11.5 Å². The average Bonchev–Trinajstić information content (AvgIpc) is 2.91. The minimum atomic E-state index is -0.660. The average molecular weight is 528 g/mol. The summed E-state index contributed by atoms with van der Waals surface area (Å²) in [7, 11) is 4.88. The van der Waals surface area contributed by atoms with Crippen molar-refractivity contribution in [2.75, 3.05) is 39.1 Å². The van der Waals surface area contributed by atoms with Gasteiger partial charge in [-0.15, -0.1) is 11.6 Å². The van der Waals surface area contributed by atoms with E-state index in [2.05, 4.69) is 17.2 Å². The molecule has 2 aromatic carbocycles. The number of fused-ring (bicyclic) bond motifs is 1. The predicted octanol–water partition coefficient (Wildman–Crippen LogP) is 6.14. The first kappa shape index (κ1) is 28.4. The summed E-state index contributed by atoms with van der Waals surface area (Å²) in [6.45, 7) is 6.98. The molecule has 1 amide bonds. The number of hydrogen-bond acceptors (Lipinski definition) is 6. The molecule has 1 N–H and O–H groups in total. The number of hydrogen-bond donors (Lipinski definition) is 1. The first-order chi connectivity index (χ1) is 17.7. The molecule has 3 aromatic rings. The smallest absolute Gasteiger partial charge is 0.229 e. The second kappa shape index (κ2) is 12.9. The molecule has 0 fully saturated rings. The molecule has 7 nitrogen and oxygen atoms in total. The second-order valence-electron chi connectivity index (χ2n) is 9.87. The summed E-state index contributed by atoms with van der Waals surface area (Å²) in [6.07, 6.45) is 3.48. The zero-order chi connectivity index (χ0) is 27.0. The zero-order valence-corrected chi connectivity index (χ0v) is 23.4. The molecule has 37 heavy (non-hydrogen) atoms. The van der Waals surface area contributed by atoms with Crippen LogP contribution >= 0.6 is 11.6 Å². The first-order valence-electron chi connectivity index (χ1n) is 12.5. The number of alkyl halides is 1. The highest BCUT2D eigenvalue weighted by atomic mass is 35.5. The number of carbonyl (C=O) groups is 1. The highest BCUT2D eigenvalue weighted by molar-refractivity contribution is 6.19. The Hall–Kier alpha value is -3.19. The monoisotopic (exact) mass is 527 g/mol. The summed E-state index contributed by atoms with van der Waals surface area (Å²) in [5.74, 6) is 2.36. The molecule has 1 atom stereocenters. The minimum Gasteiger partial charge on any atom is -0.497 e. The third kappa shape index (κ3) is 7.19. The molecule has 0 spiro atoms. The molecule has 0 aliphatic heterocycles. The van der Waals surface area contributed by atoms with Crippen molar-refractivity contribution < 1.29 is 19.0 Å². The van der Waals surface area contributed by atoms with Gasteiger partial charge in [-0.2, -0.15) is 0 Å². The number of pyridine rings is 1. The van der Waals surface area contributed by atoms with Gasteiger partial charge in [0.2, 0.25) is 5.91 Å². The summed E-state index contributed by atoms with van der Waals surface area (Å²) in [5, 5.41) is 4.60. The van der Waals surface area contributed by atoms with Crippen LogP contribution < -0.4 is 19.5 Å². The summed E-state index contributed by atoms with van der Waals surface area (Å²) in [5.41, 5.74) is 2.15. The van der Waals surface area contributed by atoms with Gasteiger partial charge in [-0.3, -0.25) is 9.78 Å². The maximum atomic E-state index is 13.4. The van der Waals surface area contributed by atoms with Gasteiger partial charge in [0.25, 0.3) is 0 Å². The highest BCUT2D eigenvalue weighted by Gasteiger charge is 2.31. The Kier molecular flexibility index (Phi) is 9.86. The van der Waals surface area contributed by atoms with Gasteiger partial charge in [-0.05, 0) is 63.4 Å². The lowest BCUT2D eigenvalue weighted by atomic mass is 9.93. The largest absolute Gasteiger partial charge is 0.497 e. The Bertz CT molecular complexity index is 1200. The Morgan fingerprint density at radius 1 is 1.08 bits per heavy atom. The van der Waals surface area contributed by atoms with Crippen molar-refractivity contribution in [2.24, 2.45) is 5.41 Å². The van der Waals surface area contributed by atoms with Crippen LogP contribution in [0.2, 0.25) is 0 Å². The van der Waals surface area contributed by atoms with E-state index in [1.54, 1.807) is 27.5 Å². The van der Waals surface area contributed by atoms with E-state index in [1.807, 2.05) is 61.2 Å². The molecule has 0 bridgehead atoms. The van der Waals surface area contributed by atoms with Gasteiger partial charge < -0.3 is 24.4 Å². The Balaban J connectivity index is 1.71. The third-order valence-corrected chi connectivity index (χ3v) is 7.07. The lowest BCUT2D eigenvalue weighted by Gasteiger charge is -2.31. The molecular weight excluding hydrogens is 490 g/mol. The van der Waals surface area contributed by atoms with Crippen LogP contribution in [-0.4, -0.2) is 55.6 Å². The predicted molar refractivity (Wildman–Crippen MR) is 150 cm³/mol.